The number of carbonyl (C=O) groups is 2. The average molecular weight is 474 g/mol. The molecule has 1 saturated heterocycles. The van der Waals surface area contributed by atoms with Gasteiger partial charge in [0.2, 0.25) is 0 Å². The molecule has 6 nitrogen and oxygen atoms in total. The number of halogens is 1. The Morgan fingerprint density at radius 3 is 2.67 bits per heavy atom. The van der Waals surface area contributed by atoms with E-state index >= 15 is 0 Å². The lowest BCUT2D eigenvalue weighted by Gasteiger charge is -2.14. The van der Waals surface area contributed by atoms with Crippen molar-refractivity contribution in [3.63, 3.8) is 0 Å². The molecule has 2 aromatic rings. The molecule has 0 bridgehead atoms. The van der Waals surface area contributed by atoms with Crippen LogP contribution in [-0.2, 0) is 9.59 Å². The molecule has 1 N–H and O–H groups in total. The van der Waals surface area contributed by atoms with Crippen LogP contribution in [0.15, 0.2) is 48.0 Å². The summed E-state index contributed by atoms with van der Waals surface area (Å²) in [5.41, 5.74) is 3.83. The highest BCUT2D eigenvalue weighted by Crippen LogP contribution is 2.35. The number of ether oxygens (including phenoxy) is 2. The Kier molecular flexibility index (Phi) is 5.66. The van der Waals surface area contributed by atoms with Crippen molar-refractivity contribution in [3.05, 3.63) is 57.2 Å². The summed E-state index contributed by atoms with van der Waals surface area (Å²) in [4.78, 5) is 25.0. The van der Waals surface area contributed by atoms with E-state index in [2.05, 4.69) is 33.9 Å². The Morgan fingerprint density at radius 2 is 2.00 bits per heavy atom. The van der Waals surface area contributed by atoms with Crippen LogP contribution in [0.25, 0.3) is 6.08 Å². The van der Waals surface area contributed by atoms with E-state index in [0.717, 1.165) is 3.57 Å². The second kappa shape index (κ2) is 8.14. The van der Waals surface area contributed by atoms with Gasteiger partial charge in [0.1, 0.15) is 12.2 Å². The van der Waals surface area contributed by atoms with Crippen molar-refractivity contribution in [2.45, 2.75) is 0 Å². The molecule has 0 radical (unpaired) electrons. The van der Waals surface area contributed by atoms with Crippen LogP contribution < -0.4 is 19.9 Å². The average Bonchev–Trinajstić information content (AvgIpc) is 2.95. The number of rotatable bonds is 5. The Labute approximate surface area is 170 Å². The van der Waals surface area contributed by atoms with E-state index in [-0.39, 0.29) is 12.2 Å². The number of methoxy groups -OCH3 is 1. The maximum absolute atomic E-state index is 12.7. The summed E-state index contributed by atoms with van der Waals surface area (Å²) >= 11 is 2.09. The van der Waals surface area contributed by atoms with Gasteiger partial charge in [-0.1, -0.05) is 24.1 Å². The van der Waals surface area contributed by atoms with Crippen molar-refractivity contribution in [1.29, 1.82) is 0 Å². The van der Waals surface area contributed by atoms with Crippen LogP contribution in [0.5, 0.6) is 11.5 Å². The number of hydrazine groups is 1. The lowest BCUT2D eigenvalue weighted by Crippen LogP contribution is -2.35. The van der Waals surface area contributed by atoms with Crippen molar-refractivity contribution in [1.82, 2.24) is 5.43 Å². The van der Waals surface area contributed by atoms with Gasteiger partial charge < -0.3 is 9.47 Å². The van der Waals surface area contributed by atoms with Crippen LogP contribution in [0.4, 0.5) is 5.69 Å². The fourth-order valence-electron chi connectivity index (χ4n) is 2.56. The van der Waals surface area contributed by atoms with Crippen LogP contribution in [0.3, 0.4) is 0 Å². The molecule has 1 aliphatic heterocycles. The predicted molar refractivity (Wildman–Crippen MR) is 110 cm³/mol. The van der Waals surface area contributed by atoms with Crippen LogP contribution in [0.1, 0.15) is 5.56 Å². The highest BCUT2D eigenvalue weighted by Gasteiger charge is 2.34. The third-order valence-electron chi connectivity index (χ3n) is 3.77. The molecule has 3 rings (SSSR count). The summed E-state index contributed by atoms with van der Waals surface area (Å²) in [7, 11) is 1.51. The Hall–Kier alpha value is -2.99. The van der Waals surface area contributed by atoms with Crippen molar-refractivity contribution in [2.75, 3.05) is 18.7 Å². The zero-order valence-corrected chi connectivity index (χ0v) is 16.5. The van der Waals surface area contributed by atoms with E-state index in [9.17, 15) is 9.59 Å². The molecule has 0 aliphatic carbocycles. The number of carbonyl (C=O) groups excluding carboxylic acids is 2. The SMILES string of the molecule is C#CCOc1c(I)cc(C=C2C(=O)NN(c3ccccc3)C2=O)cc1OC. The smallest absolute Gasteiger partial charge is 0.282 e. The summed E-state index contributed by atoms with van der Waals surface area (Å²) in [6, 6.07) is 12.4. The molecule has 1 aliphatic rings. The molecule has 136 valence electrons. The first kappa shape index (κ1) is 18.8. The van der Waals surface area contributed by atoms with E-state index in [1.807, 2.05) is 6.07 Å². The van der Waals surface area contributed by atoms with Gasteiger partial charge in [-0.2, -0.15) is 0 Å². The number of nitrogens with zero attached hydrogens (tertiary/aromatic N) is 1. The minimum atomic E-state index is -0.467. The minimum Gasteiger partial charge on any atom is -0.493 e. The molecule has 2 amide bonds. The zero-order chi connectivity index (χ0) is 19.4. The van der Waals surface area contributed by atoms with Gasteiger partial charge in [0.25, 0.3) is 11.8 Å². The number of anilines is 1. The number of para-hydroxylation sites is 1. The van der Waals surface area contributed by atoms with Gasteiger partial charge in [-0.25, -0.2) is 5.01 Å². The Balaban J connectivity index is 1.94. The predicted octanol–water partition coefficient (Wildman–Crippen LogP) is 2.77. The Morgan fingerprint density at radius 1 is 1.26 bits per heavy atom. The van der Waals surface area contributed by atoms with Crippen LogP contribution in [-0.4, -0.2) is 25.5 Å². The summed E-state index contributed by atoms with van der Waals surface area (Å²) < 4.78 is 11.6. The quantitative estimate of drug-likeness (QED) is 0.313. The minimum absolute atomic E-state index is 0.0361. The molecule has 2 aromatic carbocycles. The topological polar surface area (TPSA) is 67.9 Å². The van der Waals surface area contributed by atoms with Gasteiger partial charge in [-0.15, -0.1) is 6.42 Å². The summed E-state index contributed by atoms with van der Waals surface area (Å²) in [6.07, 6.45) is 6.76. The second-order valence-electron chi connectivity index (χ2n) is 5.50. The Bertz CT molecular complexity index is 964. The van der Waals surface area contributed by atoms with E-state index < -0.39 is 11.8 Å². The first-order valence-corrected chi connectivity index (χ1v) is 8.99. The normalized spacial score (nSPS) is 14.9. The highest BCUT2D eigenvalue weighted by atomic mass is 127. The molecule has 0 saturated carbocycles. The van der Waals surface area contributed by atoms with E-state index in [1.165, 1.54) is 18.2 Å². The van der Waals surface area contributed by atoms with E-state index in [1.54, 1.807) is 36.4 Å². The van der Waals surface area contributed by atoms with Crippen LogP contribution in [0.2, 0.25) is 0 Å². The molecule has 27 heavy (non-hydrogen) atoms. The van der Waals surface area contributed by atoms with Gasteiger partial charge in [-0.05, 0) is 58.5 Å². The second-order valence-corrected chi connectivity index (χ2v) is 6.66. The fraction of sp³-hybridized carbons (Fsp3) is 0.100. The van der Waals surface area contributed by atoms with E-state index in [0.29, 0.717) is 22.7 Å². The first-order chi connectivity index (χ1) is 13.0. The number of amides is 2. The maximum atomic E-state index is 12.7. The number of terminal acetylenes is 1. The lowest BCUT2D eigenvalue weighted by molar-refractivity contribution is -0.117. The lowest BCUT2D eigenvalue weighted by atomic mass is 10.1. The molecule has 0 spiro atoms. The zero-order valence-electron chi connectivity index (χ0n) is 14.4. The summed E-state index contributed by atoms with van der Waals surface area (Å²) in [6.45, 7) is 0.111. The first-order valence-electron chi connectivity index (χ1n) is 7.91. The molecule has 7 heteroatoms. The number of nitrogens with one attached hydrogen (secondary N) is 1. The van der Waals surface area contributed by atoms with Crippen molar-refractivity contribution in [3.8, 4) is 23.8 Å². The van der Waals surface area contributed by atoms with Gasteiger partial charge in [-0.3, -0.25) is 15.0 Å². The van der Waals surface area contributed by atoms with Crippen LogP contribution in [0, 0.1) is 15.9 Å². The third-order valence-corrected chi connectivity index (χ3v) is 4.57. The molecule has 1 heterocycles. The molecule has 0 unspecified atom stereocenters. The number of hydrogen-bond acceptors (Lipinski definition) is 4. The molecule has 1 fully saturated rings. The van der Waals surface area contributed by atoms with Gasteiger partial charge in [0.05, 0.1) is 16.4 Å². The van der Waals surface area contributed by atoms with Crippen LogP contribution >= 0.6 is 22.6 Å². The summed E-state index contributed by atoms with van der Waals surface area (Å²) in [5, 5.41) is 1.22. The third kappa shape index (κ3) is 3.90. The summed E-state index contributed by atoms with van der Waals surface area (Å²) in [5.74, 6) is 2.50. The fourth-order valence-corrected chi connectivity index (χ4v) is 3.34. The standard InChI is InChI=1S/C20H15IN2O4/c1-3-9-27-18-16(21)11-13(12-17(18)26-2)10-15-19(24)22-23(20(15)25)14-7-5-4-6-8-14/h1,4-8,10-12H,9H2,2H3,(H,22,24). The molecule has 0 atom stereocenters. The van der Waals surface area contributed by atoms with Gasteiger partial charge in [0.15, 0.2) is 11.5 Å². The number of benzene rings is 2. The van der Waals surface area contributed by atoms with Crippen molar-refractivity contribution >= 4 is 46.2 Å². The monoisotopic (exact) mass is 474 g/mol. The molecular weight excluding hydrogens is 459 g/mol. The maximum Gasteiger partial charge on any atom is 0.282 e. The molecule has 0 aromatic heterocycles. The largest absolute Gasteiger partial charge is 0.493 e. The number of hydrogen-bond donors (Lipinski definition) is 1. The van der Waals surface area contributed by atoms with Gasteiger partial charge >= 0.3 is 0 Å². The highest BCUT2D eigenvalue weighted by molar-refractivity contribution is 14.1. The van der Waals surface area contributed by atoms with Crippen molar-refractivity contribution < 1.29 is 19.1 Å². The molecular formula is C20H15IN2O4. The van der Waals surface area contributed by atoms with Gasteiger partial charge in [0, 0.05) is 0 Å². The van der Waals surface area contributed by atoms with Crippen molar-refractivity contribution in [2.24, 2.45) is 0 Å². The van der Waals surface area contributed by atoms with E-state index in [4.69, 9.17) is 15.9 Å².